The summed E-state index contributed by atoms with van der Waals surface area (Å²) in [5, 5.41) is -0.733. The number of hydrogen-bond acceptors (Lipinski definition) is 2. The summed E-state index contributed by atoms with van der Waals surface area (Å²) < 4.78 is 40.5. The van der Waals surface area contributed by atoms with Gasteiger partial charge in [0, 0.05) is 11.4 Å². The molecule has 106 valence electrons. The van der Waals surface area contributed by atoms with Crippen LogP contribution in [-0.2, 0) is 10.0 Å². The summed E-state index contributed by atoms with van der Waals surface area (Å²) in [6, 6.07) is 2.34. The summed E-state index contributed by atoms with van der Waals surface area (Å²) in [6.45, 7) is 0. The molecule has 1 aliphatic carbocycles. The molecule has 1 saturated carbocycles. The van der Waals surface area contributed by atoms with Gasteiger partial charge in [-0.1, -0.05) is 23.2 Å². The van der Waals surface area contributed by atoms with Gasteiger partial charge in [0.2, 0.25) is 10.0 Å². The molecule has 0 saturated heterocycles. The molecule has 0 heterocycles. The van der Waals surface area contributed by atoms with E-state index in [4.69, 9.17) is 34.8 Å². The Bertz CT molecular complexity index is 597. The largest absolute Gasteiger partial charge is 0.242 e. The third kappa shape index (κ3) is 2.85. The fourth-order valence-corrected chi connectivity index (χ4v) is 4.54. The highest BCUT2D eigenvalue weighted by atomic mass is 35.5. The third-order valence-corrected chi connectivity index (χ3v) is 6.11. The molecule has 1 N–H and O–H groups in total. The molecule has 0 aromatic heterocycles. The molecule has 0 atom stereocenters. The molecule has 8 heteroatoms. The fraction of sp³-hybridized carbons (Fsp3) is 0.455. The molecule has 0 spiro atoms. The van der Waals surface area contributed by atoms with Crippen molar-refractivity contribution in [3.05, 3.63) is 28.0 Å². The Morgan fingerprint density at radius 3 is 2.42 bits per heavy atom. The van der Waals surface area contributed by atoms with Crippen LogP contribution in [-0.4, -0.2) is 19.8 Å². The predicted octanol–water partition coefficient (Wildman–Crippen LogP) is 3.57. The van der Waals surface area contributed by atoms with Gasteiger partial charge in [0.25, 0.3) is 0 Å². The minimum absolute atomic E-state index is 0.167. The SMILES string of the molecule is O=S(=O)(NC1(CCl)CCC1)c1ccc(Cl)c(F)c1Cl. The minimum atomic E-state index is -3.93. The number of benzene rings is 1. The Morgan fingerprint density at radius 1 is 1.32 bits per heavy atom. The monoisotopic (exact) mass is 345 g/mol. The van der Waals surface area contributed by atoms with Crippen molar-refractivity contribution in [2.45, 2.75) is 29.7 Å². The maximum absolute atomic E-state index is 13.6. The summed E-state index contributed by atoms with van der Waals surface area (Å²) in [4.78, 5) is -0.326. The molecule has 0 radical (unpaired) electrons. The second-order valence-corrected chi connectivity index (χ2v) is 7.25. The Balaban J connectivity index is 2.38. The molecule has 3 nitrogen and oxygen atoms in total. The van der Waals surface area contributed by atoms with E-state index in [1.54, 1.807) is 0 Å². The smallest absolute Gasteiger partial charge is 0.207 e. The van der Waals surface area contributed by atoms with E-state index < -0.39 is 26.4 Å². The van der Waals surface area contributed by atoms with E-state index >= 15 is 0 Å². The quantitative estimate of drug-likeness (QED) is 0.669. The van der Waals surface area contributed by atoms with Crippen LogP contribution in [0.3, 0.4) is 0 Å². The molecule has 1 aromatic carbocycles. The highest BCUT2D eigenvalue weighted by molar-refractivity contribution is 7.89. The Morgan fingerprint density at radius 2 is 1.95 bits per heavy atom. The zero-order valence-corrected chi connectivity index (χ0v) is 12.8. The summed E-state index contributed by atoms with van der Waals surface area (Å²) in [6.07, 6.45) is 2.21. The van der Waals surface area contributed by atoms with E-state index in [2.05, 4.69) is 4.72 Å². The Labute approximate surface area is 126 Å². The number of rotatable bonds is 4. The van der Waals surface area contributed by atoms with E-state index in [-0.39, 0.29) is 15.8 Å². The summed E-state index contributed by atoms with van der Waals surface area (Å²) in [5.41, 5.74) is -0.653. The first-order valence-corrected chi connectivity index (χ1v) is 8.32. The van der Waals surface area contributed by atoms with E-state index in [0.717, 1.165) is 12.5 Å². The van der Waals surface area contributed by atoms with Crippen molar-refractivity contribution >= 4 is 44.8 Å². The zero-order valence-electron chi connectivity index (χ0n) is 9.72. The number of nitrogens with one attached hydrogen (secondary N) is 1. The molecular formula is C11H11Cl3FNO2S. The lowest BCUT2D eigenvalue weighted by atomic mass is 9.79. The van der Waals surface area contributed by atoms with Gasteiger partial charge in [0.05, 0.1) is 10.0 Å². The minimum Gasteiger partial charge on any atom is -0.207 e. The van der Waals surface area contributed by atoms with Crippen LogP contribution in [0.2, 0.25) is 10.0 Å². The van der Waals surface area contributed by atoms with Crippen LogP contribution in [0.5, 0.6) is 0 Å². The van der Waals surface area contributed by atoms with Crippen LogP contribution in [0.25, 0.3) is 0 Å². The van der Waals surface area contributed by atoms with E-state index in [9.17, 15) is 12.8 Å². The van der Waals surface area contributed by atoms with Crippen LogP contribution in [0, 0.1) is 5.82 Å². The highest BCUT2D eigenvalue weighted by Crippen LogP contribution is 2.36. The maximum Gasteiger partial charge on any atom is 0.242 e. The second kappa shape index (κ2) is 5.37. The second-order valence-electron chi connectivity index (χ2n) is 4.55. The average molecular weight is 347 g/mol. The van der Waals surface area contributed by atoms with Gasteiger partial charge in [-0.05, 0) is 31.4 Å². The number of hydrogen-bond donors (Lipinski definition) is 1. The normalized spacial score (nSPS) is 18.1. The molecule has 1 fully saturated rings. The molecule has 19 heavy (non-hydrogen) atoms. The van der Waals surface area contributed by atoms with Gasteiger partial charge in [0.15, 0.2) is 5.82 Å². The first kappa shape index (κ1) is 15.3. The van der Waals surface area contributed by atoms with Gasteiger partial charge in [-0.15, -0.1) is 11.6 Å². The van der Waals surface area contributed by atoms with Gasteiger partial charge in [-0.25, -0.2) is 17.5 Å². The van der Waals surface area contributed by atoms with Gasteiger partial charge >= 0.3 is 0 Å². The van der Waals surface area contributed by atoms with Crippen LogP contribution in [0.4, 0.5) is 4.39 Å². The highest BCUT2D eigenvalue weighted by Gasteiger charge is 2.40. The zero-order chi connectivity index (χ0) is 14.3. The first-order valence-electron chi connectivity index (χ1n) is 5.55. The van der Waals surface area contributed by atoms with Crippen molar-refractivity contribution in [2.24, 2.45) is 0 Å². The van der Waals surface area contributed by atoms with Crippen LogP contribution in [0.1, 0.15) is 19.3 Å². The molecule has 0 aliphatic heterocycles. The van der Waals surface area contributed by atoms with E-state index in [0.29, 0.717) is 12.8 Å². The third-order valence-electron chi connectivity index (χ3n) is 3.21. The predicted molar refractivity (Wildman–Crippen MR) is 74.0 cm³/mol. The lowest BCUT2D eigenvalue weighted by molar-refractivity contribution is 0.252. The van der Waals surface area contributed by atoms with Gasteiger partial charge in [-0.2, -0.15) is 0 Å². The standard InChI is InChI=1S/C11H11Cl3FNO2S/c12-6-11(4-1-5-11)16-19(17,18)8-3-2-7(13)10(15)9(8)14/h2-3,16H,1,4-6H2. The van der Waals surface area contributed by atoms with Crippen molar-refractivity contribution in [1.82, 2.24) is 4.72 Å². The molecule has 0 bridgehead atoms. The molecule has 2 rings (SSSR count). The van der Waals surface area contributed by atoms with Crippen LogP contribution < -0.4 is 4.72 Å². The Kier molecular flexibility index (Phi) is 4.33. The molecule has 0 amide bonds. The van der Waals surface area contributed by atoms with Gasteiger partial charge in [-0.3, -0.25) is 0 Å². The van der Waals surface area contributed by atoms with E-state index in [1.807, 2.05) is 0 Å². The van der Waals surface area contributed by atoms with Crippen LogP contribution in [0.15, 0.2) is 17.0 Å². The van der Waals surface area contributed by atoms with Gasteiger partial charge < -0.3 is 0 Å². The fourth-order valence-electron chi connectivity index (χ4n) is 1.92. The summed E-state index contributed by atoms with van der Waals surface area (Å²) in [7, 11) is -3.93. The van der Waals surface area contributed by atoms with Gasteiger partial charge in [0.1, 0.15) is 4.90 Å². The lowest BCUT2D eigenvalue weighted by Crippen LogP contribution is -2.54. The topological polar surface area (TPSA) is 46.2 Å². The molecular weight excluding hydrogens is 336 g/mol. The van der Waals surface area contributed by atoms with Crippen LogP contribution >= 0.6 is 34.8 Å². The van der Waals surface area contributed by atoms with Crippen molar-refractivity contribution in [3.63, 3.8) is 0 Å². The molecule has 0 unspecified atom stereocenters. The number of alkyl halides is 1. The number of halogens is 4. The maximum atomic E-state index is 13.6. The average Bonchev–Trinajstić information content (AvgIpc) is 2.30. The molecule has 1 aliphatic rings. The van der Waals surface area contributed by atoms with E-state index in [1.165, 1.54) is 6.07 Å². The first-order chi connectivity index (χ1) is 8.81. The van der Waals surface area contributed by atoms with Crippen molar-refractivity contribution in [2.75, 3.05) is 5.88 Å². The van der Waals surface area contributed by atoms with Crippen molar-refractivity contribution in [3.8, 4) is 0 Å². The number of sulfonamides is 1. The summed E-state index contributed by atoms with van der Waals surface area (Å²) in [5.74, 6) is -0.778. The lowest BCUT2D eigenvalue weighted by Gasteiger charge is -2.40. The van der Waals surface area contributed by atoms with Crippen molar-refractivity contribution < 1.29 is 12.8 Å². The van der Waals surface area contributed by atoms with Crippen molar-refractivity contribution in [1.29, 1.82) is 0 Å². The Hall–Kier alpha value is -0.0700. The molecule has 1 aromatic rings. The summed E-state index contributed by atoms with van der Waals surface area (Å²) >= 11 is 17.0.